The van der Waals surface area contributed by atoms with E-state index in [1.807, 2.05) is 13.8 Å². The number of thiazole rings is 1. The standard InChI is InChI=1S/C15H18FNO2S/c1-10(2)15-13(9-18)20-14(17-15)7-8-19-12-6-4-3-5-11(12)16/h3-6,10,18H,7-9H2,1-2H3. The molecule has 5 heteroatoms. The van der Waals surface area contributed by atoms with Crippen LogP contribution in [0.5, 0.6) is 5.75 Å². The maximum absolute atomic E-state index is 13.4. The summed E-state index contributed by atoms with van der Waals surface area (Å²) in [5, 5.41) is 10.2. The minimum atomic E-state index is -0.356. The summed E-state index contributed by atoms with van der Waals surface area (Å²) >= 11 is 1.49. The molecule has 0 radical (unpaired) electrons. The highest BCUT2D eigenvalue weighted by molar-refractivity contribution is 7.11. The number of hydrogen-bond donors (Lipinski definition) is 1. The number of hydrogen-bond acceptors (Lipinski definition) is 4. The number of ether oxygens (including phenoxy) is 1. The zero-order valence-electron chi connectivity index (χ0n) is 11.6. The van der Waals surface area contributed by atoms with Crippen LogP contribution in [0.25, 0.3) is 0 Å². The van der Waals surface area contributed by atoms with Gasteiger partial charge in [-0.1, -0.05) is 26.0 Å². The molecule has 0 saturated heterocycles. The Balaban J connectivity index is 1.96. The first-order valence-corrected chi connectivity index (χ1v) is 7.40. The maximum atomic E-state index is 13.4. The van der Waals surface area contributed by atoms with Crippen LogP contribution in [-0.4, -0.2) is 16.7 Å². The summed E-state index contributed by atoms with van der Waals surface area (Å²) < 4.78 is 18.8. The van der Waals surface area contributed by atoms with Crippen molar-refractivity contribution >= 4 is 11.3 Å². The normalized spacial score (nSPS) is 11.1. The van der Waals surface area contributed by atoms with Crippen molar-refractivity contribution in [3.8, 4) is 5.75 Å². The number of rotatable bonds is 6. The van der Waals surface area contributed by atoms with Gasteiger partial charge in [0.2, 0.25) is 0 Å². The zero-order valence-corrected chi connectivity index (χ0v) is 12.4. The highest BCUT2D eigenvalue weighted by Gasteiger charge is 2.13. The lowest BCUT2D eigenvalue weighted by Crippen LogP contribution is -2.02. The number of halogens is 1. The average molecular weight is 295 g/mol. The van der Waals surface area contributed by atoms with Crippen molar-refractivity contribution in [2.75, 3.05) is 6.61 Å². The van der Waals surface area contributed by atoms with Gasteiger partial charge in [0, 0.05) is 6.42 Å². The van der Waals surface area contributed by atoms with Gasteiger partial charge >= 0.3 is 0 Å². The first-order chi connectivity index (χ1) is 9.61. The van der Waals surface area contributed by atoms with Crippen LogP contribution < -0.4 is 4.74 Å². The monoisotopic (exact) mass is 295 g/mol. The summed E-state index contributed by atoms with van der Waals surface area (Å²) in [6, 6.07) is 6.35. The molecule has 1 heterocycles. The highest BCUT2D eigenvalue weighted by Crippen LogP contribution is 2.25. The molecule has 1 aromatic carbocycles. The van der Waals surface area contributed by atoms with Gasteiger partial charge in [0.25, 0.3) is 0 Å². The third kappa shape index (κ3) is 3.55. The smallest absolute Gasteiger partial charge is 0.165 e. The Hall–Kier alpha value is -1.46. The van der Waals surface area contributed by atoms with Gasteiger partial charge in [0.05, 0.1) is 28.8 Å². The predicted octanol–water partition coefficient (Wildman–Crippen LogP) is 3.52. The fourth-order valence-electron chi connectivity index (χ4n) is 1.90. The molecule has 0 unspecified atom stereocenters. The molecule has 0 atom stereocenters. The summed E-state index contributed by atoms with van der Waals surface area (Å²) in [5.41, 5.74) is 0.943. The Morgan fingerprint density at radius 2 is 2.10 bits per heavy atom. The summed E-state index contributed by atoms with van der Waals surface area (Å²) in [5.74, 6) is 0.190. The second-order valence-electron chi connectivity index (χ2n) is 4.76. The quantitative estimate of drug-likeness (QED) is 0.886. The van der Waals surface area contributed by atoms with Gasteiger partial charge in [-0.05, 0) is 18.1 Å². The molecule has 2 rings (SSSR count). The largest absolute Gasteiger partial charge is 0.490 e. The Morgan fingerprint density at radius 1 is 1.35 bits per heavy atom. The molecule has 0 aliphatic rings. The van der Waals surface area contributed by atoms with E-state index in [0.29, 0.717) is 13.0 Å². The van der Waals surface area contributed by atoms with Crippen molar-refractivity contribution in [3.63, 3.8) is 0 Å². The maximum Gasteiger partial charge on any atom is 0.165 e. The van der Waals surface area contributed by atoms with Crippen molar-refractivity contribution in [1.82, 2.24) is 4.98 Å². The van der Waals surface area contributed by atoms with E-state index in [4.69, 9.17) is 4.74 Å². The molecule has 1 N–H and O–H groups in total. The number of aliphatic hydroxyl groups excluding tert-OH is 1. The van der Waals surface area contributed by atoms with E-state index in [1.54, 1.807) is 18.2 Å². The van der Waals surface area contributed by atoms with Crippen LogP contribution in [-0.2, 0) is 13.0 Å². The van der Waals surface area contributed by atoms with Crippen LogP contribution in [0.3, 0.4) is 0 Å². The zero-order chi connectivity index (χ0) is 14.5. The molecule has 1 aromatic heterocycles. The predicted molar refractivity (Wildman–Crippen MR) is 77.7 cm³/mol. The second kappa shape index (κ2) is 6.81. The van der Waals surface area contributed by atoms with Gasteiger partial charge in [-0.3, -0.25) is 0 Å². The van der Waals surface area contributed by atoms with E-state index in [-0.39, 0.29) is 24.1 Å². The molecule has 0 aliphatic heterocycles. The van der Waals surface area contributed by atoms with Crippen LogP contribution in [0.15, 0.2) is 24.3 Å². The van der Waals surface area contributed by atoms with E-state index < -0.39 is 0 Å². The van der Waals surface area contributed by atoms with Gasteiger partial charge < -0.3 is 9.84 Å². The van der Waals surface area contributed by atoms with Crippen molar-refractivity contribution in [1.29, 1.82) is 0 Å². The molecule has 0 aliphatic carbocycles. The molecule has 2 aromatic rings. The SMILES string of the molecule is CC(C)c1nc(CCOc2ccccc2F)sc1CO. The third-order valence-corrected chi connectivity index (χ3v) is 3.99. The van der Waals surface area contributed by atoms with Crippen LogP contribution >= 0.6 is 11.3 Å². The summed E-state index contributed by atoms with van der Waals surface area (Å²) in [6.07, 6.45) is 0.610. The van der Waals surface area contributed by atoms with Crippen molar-refractivity contribution in [3.05, 3.63) is 45.7 Å². The number of benzene rings is 1. The van der Waals surface area contributed by atoms with E-state index >= 15 is 0 Å². The van der Waals surface area contributed by atoms with Gasteiger partial charge in [0.1, 0.15) is 0 Å². The van der Waals surface area contributed by atoms with E-state index in [0.717, 1.165) is 15.6 Å². The van der Waals surface area contributed by atoms with Crippen molar-refractivity contribution in [2.45, 2.75) is 32.8 Å². The minimum Gasteiger partial charge on any atom is -0.490 e. The molecular formula is C15H18FNO2S. The van der Waals surface area contributed by atoms with Crippen LogP contribution in [0, 0.1) is 5.82 Å². The number of para-hydroxylation sites is 1. The lowest BCUT2D eigenvalue weighted by molar-refractivity contribution is 0.283. The van der Waals surface area contributed by atoms with Gasteiger partial charge in [0.15, 0.2) is 11.6 Å². The topological polar surface area (TPSA) is 42.4 Å². The fraction of sp³-hybridized carbons (Fsp3) is 0.400. The van der Waals surface area contributed by atoms with Crippen LogP contribution in [0.1, 0.15) is 35.3 Å². The molecule has 0 fully saturated rings. The molecular weight excluding hydrogens is 277 g/mol. The number of aliphatic hydroxyl groups is 1. The molecule has 0 spiro atoms. The Kier molecular flexibility index (Phi) is 5.09. The summed E-state index contributed by atoms with van der Waals surface area (Å²) in [4.78, 5) is 5.42. The van der Waals surface area contributed by atoms with Gasteiger partial charge in [-0.15, -0.1) is 11.3 Å². The van der Waals surface area contributed by atoms with Crippen molar-refractivity contribution < 1.29 is 14.2 Å². The van der Waals surface area contributed by atoms with Gasteiger partial charge in [-0.25, -0.2) is 9.37 Å². The highest BCUT2D eigenvalue weighted by atomic mass is 32.1. The number of nitrogens with zero attached hydrogens (tertiary/aromatic N) is 1. The van der Waals surface area contributed by atoms with Crippen LogP contribution in [0.4, 0.5) is 4.39 Å². The summed E-state index contributed by atoms with van der Waals surface area (Å²) in [7, 11) is 0. The third-order valence-electron chi connectivity index (χ3n) is 2.87. The van der Waals surface area contributed by atoms with E-state index in [9.17, 15) is 9.50 Å². The Morgan fingerprint density at radius 3 is 2.70 bits per heavy atom. The van der Waals surface area contributed by atoms with Crippen molar-refractivity contribution in [2.24, 2.45) is 0 Å². The molecule has 0 amide bonds. The fourth-order valence-corrected chi connectivity index (χ4v) is 2.96. The molecule has 108 valence electrons. The molecule has 0 bridgehead atoms. The molecule has 0 saturated carbocycles. The first kappa shape index (κ1) is 14.9. The average Bonchev–Trinajstić information content (AvgIpc) is 2.84. The molecule has 20 heavy (non-hydrogen) atoms. The van der Waals surface area contributed by atoms with E-state index in [1.165, 1.54) is 17.4 Å². The lowest BCUT2D eigenvalue weighted by atomic mass is 10.1. The Labute approximate surface area is 122 Å². The summed E-state index contributed by atoms with van der Waals surface area (Å²) in [6.45, 7) is 4.48. The van der Waals surface area contributed by atoms with Crippen LogP contribution in [0.2, 0.25) is 0 Å². The van der Waals surface area contributed by atoms with Gasteiger partial charge in [-0.2, -0.15) is 0 Å². The Bertz CT molecular complexity index is 569. The van der Waals surface area contributed by atoms with E-state index in [2.05, 4.69) is 4.98 Å². The number of aromatic nitrogens is 1. The second-order valence-corrected chi connectivity index (χ2v) is 5.93. The lowest BCUT2D eigenvalue weighted by Gasteiger charge is -2.05. The molecule has 3 nitrogen and oxygen atoms in total. The minimum absolute atomic E-state index is 0.0132. The first-order valence-electron chi connectivity index (χ1n) is 6.58.